The second-order valence-electron chi connectivity index (χ2n) is 7.67. The summed E-state index contributed by atoms with van der Waals surface area (Å²) in [7, 11) is 1.41. The molecule has 1 aliphatic rings. The first kappa shape index (κ1) is 23.7. The summed E-state index contributed by atoms with van der Waals surface area (Å²) in [6.45, 7) is 2.80. The Morgan fingerprint density at radius 3 is 2.75 bits per heavy atom. The molecule has 1 aromatic carbocycles. The number of hydrogen-bond donors (Lipinski definition) is 2. The van der Waals surface area contributed by atoms with E-state index >= 15 is 0 Å². The van der Waals surface area contributed by atoms with Crippen molar-refractivity contribution in [2.24, 2.45) is 5.92 Å². The average molecular weight is 458 g/mol. The van der Waals surface area contributed by atoms with Crippen molar-refractivity contribution in [3.63, 3.8) is 0 Å². The topological polar surface area (TPSA) is 100 Å². The SMILES string of the molecule is C.COC(=O)CN1CCC(CNc2ncc3cc(-c4ccccc4Cl)c(=O)[nH]c3n2)CC1. The van der Waals surface area contributed by atoms with Crippen LogP contribution in [0.3, 0.4) is 0 Å². The number of carbonyl (C=O) groups excluding carboxylic acids is 1. The first-order valence-corrected chi connectivity index (χ1v) is 10.6. The Balaban J connectivity index is 0.00000289. The van der Waals surface area contributed by atoms with Crippen molar-refractivity contribution in [3.8, 4) is 11.1 Å². The van der Waals surface area contributed by atoms with E-state index in [0.717, 1.165) is 37.9 Å². The van der Waals surface area contributed by atoms with Crippen LogP contribution >= 0.6 is 11.6 Å². The molecule has 1 saturated heterocycles. The van der Waals surface area contributed by atoms with Gasteiger partial charge in [0, 0.05) is 34.3 Å². The molecule has 170 valence electrons. The number of benzene rings is 1. The van der Waals surface area contributed by atoms with Crippen molar-refractivity contribution in [2.45, 2.75) is 20.3 Å². The Morgan fingerprint density at radius 2 is 2.03 bits per heavy atom. The van der Waals surface area contributed by atoms with Gasteiger partial charge in [-0.1, -0.05) is 37.2 Å². The number of likely N-dealkylation sites (tertiary alicyclic amines) is 1. The summed E-state index contributed by atoms with van der Waals surface area (Å²) in [4.78, 5) is 37.8. The van der Waals surface area contributed by atoms with E-state index in [9.17, 15) is 9.59 Å². The molecule has 0 spiro atoms. The molecule has 0 aliphatic carbocycles. The fraction of sp³-hybridized carbons (Fsp3) is 0.391. The maximum atomic E-state index is 12.6. The van der Waals surface area contributed by atoms with E-state index in [4.69, 9.17) is 16.3 Å². The molecule has 32 heavy (non-hydrogen) atoms. The number of hydrogen-bond acceptors (Lipinski definition) is 7. The highest BCUT2D eigenvalue weighted by Gasteiger charge is 2.21. The van der Waals surface area contributed by atoms with Gasteiger partial charge in [0.2, 0.25) is 5.95 Å². The fourth-order valence-electron chi connectivity index (χ4n) is 3.79. The molecule has 2 N–H and O–H groups in total. The molecule has 2 aromatic heterocycles. The molecule has 9 heteroatoms. The molecular formula is C23H28ClN5O3. The van der Waals surface area contributed by atoms with Gasteiger partial charge < -0.3 is 15.0 Å². The largest absolute Gasteiger partial charge is 0.468 e. The van der Waals surface area contributed by atoms with Crippen LogP contribution in [0.2, 0.25) is 5.02 Å². The van der Waals surface area contributed by atoms with E-state index in [-0.39, 0.29) is 19.0 Å². The van der Waals surface area contributed by atoms with Gasteiger partial charge in [0.15, 0.2) is 0 Å². The number of pyridine rings is 1. The molecule has 8 nitrogen and oxygen atoms in total. The van der Waals surface area contributed by atoms with E-state index in [0.29, 0.717) is 40.2 Å². The lowest BCUT2D eigenvalue weighted by molar-refractivity contribution is -0.142. The second kappa shape index (κ2) is 10.6. The van der Waals surface area contributed by atoms with Gasteiger partial charge in [0.25, 0.3) is 5.56 Å². The zero-order chi connectivity index (χ0) is 21.8. The number of aromatic amines is 1. The summed E-state index contributed by atoms with van der Waals surface area (Å²) in [5, 5.41) is 4.52. The van der Waals surface area contributed by atoms with Crippen LogP contribution in [0.1, 0.15) is 20.3 Å². The summed E-state index contributed by atoms with van der Waals surface area (Å²) < 4.78 is 4.73. The number of aromatic nitrogens is 3. The van der Waals surface area contributed by atoms with Gasteiger partial charge >= 0.3 is 5.97 Å². The highest BCUT2D eigenvalue weighted by Crippen LogP contribution is 2.26. The number of carbonyl (C=O) groups is 1. The summed E-state index contributed by atoms with van der Waals surface area (Å²) in [6, 6.07) is 8.99. The molecule has 3 heterocycles. The number of H-pyrrole nitrogens is 1. The quantitative estimate of drug-likeness (QED) is 0.545. The molecular weight excluding hydrogens is 430 g/mol. The Labute approximate surface area is 192 Å². The predicted octanol–water partition coefficient (Wildman–Crippen LogP) is 3.57. The van der Waals surface area contributed by atoms with E-state index in [1.165, 1.54) is 7.11 Å². The first-order chi connectivity index (χ1) is 15.0. The van der Waals surface area contributed by atoms with Crippen LogP contribution in [-0.2, 0) is 9.53 Å². The highest BCUT2D eigenvalue weighted by molar-refractivity contribution is 6.33. The molecule has 0 amide bonds. The molecule has 0 saturated carbocycles. The number of rotatable bonds is 6. The van der Waals surface area contributed by atoms with Crippen LogP contribution in [0.15, 0.2) is 41.3 Å². The van der Waals surface area contributed by atoms with Crippen LogP contribution in [0.25, 0.3) is 22.2 Å². The van der Waals surface area contributed by atoms with E-state index in [2.05, 4.69) is 25.2 Å². The van der Waals surface area contributed by atoms with Crippen molar-refractivity contribution >= 4 is 34.6 Å². The zero-order valence-electron chi connectivity index (χ0n) is 17.2. The molecule has 0 bridgehead atoms. The second-order valence-corrected chi connectivity index (χ2v) is 8.07. The van der Waals surface area contributed by atoms with E-state index in [1.54, 1.807) is 18.3 Å². The van der Waals surface area contributed by atoms with Crippen molar-refractivity contribution in [2.75, 3.05) is 38.6 Å². The Bertz CT molecular complexity index is 1140. The highest BCUT2D eigenvalue weighted by atomic mass is 35.5. The molecule has 0 unspecified atom stereocenters. The van der Waals surface area contributed by atoms with Crippen molar-refractivity contribution < 1.29 is 9.53 Å². The zero-order valence-corrected chi connectivity index (χ0v) is 18.0. The summed E-state index contributed by atoms with van der Waals surface area (Å²) >= 11 is 6.24. The number of fused-ring (bicyclic) bond motifs is 1. The van der Waals surface area contributed by atoms with E-state index in [1.807, 2.05) is 18.2 Å². The molecule has 0 atom stereocenters. The van der Waals surface area contributed by atoms with Gasteiger partial charge in [-0.15, -0.1) is 0 Å². The Kier molecular flexibility index (Phi) is 7.82. The molecule has 1 aliphatic heterocycles. The lowest BCUT2D eigenvalue weighted by Gasteiger charge is -2.31. The minimum atomic E-state index is -0.247. The van der Waals surface area contributed by atoms with Crippen molar-refractivity contribution in [1.82, 2.24) is 19.9 Å². The molecule has 3 aromatic rings. The van der Waals surface area contributed by atoms with Gasteiger partial charge in [-0.25, -0.2) is 4.98 Å². The standard InChI is InChI=1S/C22H24ClN5O3.CH4/c1-31-19(29)13-28-8-6-14(7-9-28)11-24-22-25-12-15-10-17(21(30)26-20(15)27-22)16-4-2-3-5-18(16)23;/h2-5,10,12,14H,6-9,11,13H2,1H3,(H2,24,25,26,27,30);1H4. The van der Waals surface area contributed by atoms with E-state index < -0.39 is 0 Å². The van der Waals surface area contributed by atoms with Crippen molar-refractivity contribution in [3.05, 3.63) is 51.9 Å². The lowest BCUT2D eigenvalue weighted by Crippen LogP contribution is -2.39. The average Bonchev–Trinajstić information content (AvgIpc) is 2.78. The molecule has 1 fully saturated rings. The number of nitrogens with zero attached hydrogens (tertiary/aromatic N) is 3. The van der Waals surface area contributed by atoms with Crippen LogP contribution < -0.4 is 10.9 Å². The smallest absolute Gasteiger partial charge is 0.319 e. The normalized spacial score (nSPS) is 14.7. The maximum absolute atomic E-state index is 12.6. The summed E-state index contributed by atoms with van der Waals surface area (Å²) in [6.07, 6.45) is 3.66. The third-order valence-corrected chi connectivity index (χ3v) is 5.92. The number of esters is 1. The minimum absolute atomic E-state index is 0. The van der Waals surface area contributed by atoms with Crippen LogP contribution in [-0.4, -0.2) is 59.1 Å². The molecule has 0 radical (unpaired) electrons. The van der Waals surface area contributed by atoms with Crippen LogP contribution in [0.4, 0.5) is 5.95 Å². The summed E-state index contributed by atoms with van der Waals surface area (Å²) in [5.41, 5.74) is 1.39. The lowest BCUT2D eigenvalue weighted by atomic mass is 9.97. The number of nitrogens with one attached hydrogen (secondary N) is 2. The number of anilines is 1. The first-order valence-electron chi connectivity index (χ1n) is 10.2. The van der Waals surface area contributed by atoms with Crippen molar-refractivity contribution in [1.29, 1.82) is 0 Å². The van der Waals surface area contributed by atoms with Gasteiger partial charge in [0.1, 0.15) is 5.65 Å². The van der Waals surface area contributed by atoms with Gasteiger partial charge in [0.05, 0.1) is 13.7 Å². The minimum Gasteiger partial charge on any atom is -0.468 e. The monoisotopic (exact) mass is 457 g/mol. The number of piperidine rings is 1. The number of ether oxygens (including phenoxy) is 1. The summed E-state index contributed by atoms with van der Waals surface area (Å²) in [5.74, 6) is 0.744. The van der Waals surface area contributed by atoms with Crippen LogP contribution in [0.5, 0.6) is 0 Å². The third-order valence-electron chi connectivity index (χ3n) is 5.59. The number of methoxy groups -OCH3 is 1. The Hall–Kier alpha value is -2.97. The fourth-order valence-corrected chi connectivity index (χ4v) is 4.03. The van der Waals surface area contributed by atoms with Gasteiger partial charge in [-0.05, 0) is 44.0 Å². The third kappa shape index (κ3) is 5.44. The van der Waals surface area contributed by atoms with Crippen LogP contribution in [0, 0.1) is 5.92 Å². The number of halogens is 1. The van der Waals surface area contributed by atoms with Gasteiger partial charge in [-0.3, -0.25) is 14.5 Å². The van der Waals surface area contributed by atoms with Gasteiger partial charge in [-0.2, -0.15) is 4.98 Å². The predicted molar refractivity (Wildman–Crippen MR) is 127 cm³/mol. The maximum Gasteiger partial charge on any atom is 0.319 e. The molecule has 4 rings (SSSR count). The Morgan fingerprint density at radius 1 is 1.28 bits per heavy atom.